The molecule has 0 saturated heterocycles. The molecule has 14 heavy (non-hydrogen) atoms. The first-order valence-electron chi connectivity index (χ1n) is 4.72. The van der Waals surface area contributed by atoms with Gasteiger partial charge in [0, 0.05) is 13.2 Å². The van der Waals surface area contributed by atoms with Crippen LogP contribution in [0.2, 0.25) is 0 Å². The highest BCUT2D eigenvalue weighted by Gasteiger charge is 2.12. The molecule has 1 rings (SSSR count). The minimum Gasteiger partial charge on any atom is -0.481 e. The number of nitrogens with zero attached hydrogens (tertiary/aromatic N) is 2. The minimum absolute atomic E-state index is 0.0168. The highest BCUT2D eigenvalue weighted by molar-refractivity contribution is 5.69. The van der Waals surface area contributed by atoms with Crippen molar-refractivity contribution in [2.45, 2.75) is 26.7 Å². The fourth-order valence-electron chi connectivity index (χ4n) is 1.49. The summed E-state index contributed by atoms with van der Waals surface area (Å²) in [5.41, 5.74) is 1.73. The lowest BCUT2D eigenvalue weighted by Gasteiger charge is -2.02. The highest BCUT2D eigenvalue weighted by atomic mass is 16.4. The van der Waals surface area contributed by atoms with Crippen LogP contribution in [0.4, 0.5) is 0 Å². The normalized spacial score (nSPS) is 10.9. The first-order chi connectivity index (χ1) is 6.49. The lowest BCUT2D eigenvalue weighted by Crippen LogP contribution is -2.05. The van der Waals surface area contributed by atoms with Crippen LogP contribution in [-0.2, 0) is 24.7 Å². The molecule has 0 unspecified atom stereocenters. The van der Waals surface area contributed by atoms with Gasteiger partial charge < -0.3 is 5.11 Å². The summed E-state index contributed by atoms with van der Waals surface area (Å²) in [5, 5.41) is 12.8. The first kappa shape index (κ1) is 10.8. The van der Waals surface area contributed by atoms with Crippen LogP contribution in [0.25, 0.3) is 0 Å². The molecule has 0 bridgehead atoms. The average molecular weight is 196 g/mol. The van der Waals surface area contributed by atoms with Gasteiger partial charge in [0.1, 0.15) is 0 Å². The van der Waals surface area contributed by atoms with Crippen molar-refractivity contribution in [1.82, 2.24) is 9.78 Å². The topological polar surface area (TPSA) is 55.1 Å². The van der Waals surface area contributed by atoms with Gasteiger partial charge in [-0.25, -0.2) is 0 Å². The summed E-state index contributed by atoms with van der Waals surface area (Å²) in [6.07, 6.45) is 2.80. The third kappa shape index (κ3) is 2.87. The molecule has 0 saturated carbocycles. The van der Waals surface area contributed by atoms with Crippen molar-refractivity contribution in [3.05, 3.63) is 17.5 Å². The number of hydrogen-bond acceptors (Lipinski definition) is 2. The van der Waals surface area contributed by atoms with Crippen LogP contribution >= 0.6 is 0 Å². The molecule has 4 heteroatoms. The van der Waals surface area contributed by atoms with Crippen LogP contribution < -0.4 is 0 Å². The SMILES string of the molecule is CC(C)Cc1cn(C)nc1CC(=O)O. The first-order valence-corrected chi connectivity index (χ1v) is 4.72. The van der Waals surface area contributed by atoms with Crippen LogP contribution in [0, 0.1) is 5.92 Å². The zero-order valence-electron chi connectivity index (χ0n) is 8.82. The standard InChI is InChI=1S/C10H16N2O2/c1-7(2)4-8-6-12(3)11-9(8)5-10(13)14/h6-7H,4-5H2,1-3H3,(H,13,14). The van der Waals surface area contributed by atoms with E-state index in [1.165, 1.54) is 0 Å². The van der Waals surface area contributed by atoms with Gasteiger partial charge in [-0.05, 0) is 17.9 Å². The molecule has 0 radical (unpaired) electrons. The second-order valence-corrected chi connectivity index (χ2v) is 3.94. The molecular formula is C10H16N2O2. The minimum atomic E-state index is -0.825. The van der Waals surface area contributed by atoms with Crippen LogP contribution in [-0.4, -0.2) is 20.9 Å². The molecule has 0 aliphatic rings. The fourth-order valence-corrected chi connectivity index (χ4v) is 1.49. The van der Waals surface area contributed by atoms with E-state index in [4.69, 9.17) is 5.11 Å². The summed E-state index contributed by atoms with van der Waals surface area (Å²) in [4.78, 5) is 10.6. The number of hydrogen-bond donors (Lipinski definition) is 1. The molecule has 0 amide bonds. The van der Waals surface area contributed by atoms with Crippen molar-refractivity contribution in [2.24, 2.45) is 13.0 Å². The number of carboxylic acid groups (broad SMARTS) is 1. The van der Waals surface area contributed by atoms with Gasteiger partial charge in [0.15, 0.2) is 0 Å². The second-order valence-electron chi connectivity index (χ2n) is 3.94. The molecule has 0 atom stereocenters. The van der Waals surface area contributed by atoms with Crippen LogP contribution in [0.1, 0.15) is 25.1 Å². The zero-order chi connectivity index (χ0) is 10.7. The van der Waals surface area contributed by atoms with Gasteiger partial charge in [-0.2, -0.15) is 5.10 Å². The quantitative estimate of drug-likeness (QED) is 0.788. The molecule has 1 aromatic rings. The maximum Gasteiger partial charge on any atom is 0.309 e. The molecule has 0 aliphatic heterocycles. The average Bonchev–Trinajstić information content (AvgIpc) is 2.28. The van der Waals surface area contributed by atoms with E-state index >= 15 is 0 Å². The van der Waals surface area contributed by atoms with Gasteiger partial charge in [-0.15, -0.1) is 0 Å². The van der Waals surface area contributed by atoms with Gasteiger partial charge in [-0.3, -0.25) is 9.48 Å². The van der Waals surface area contributed by atoms with Crippen molar-refractivity contribution >= 4 is 5.97 Å². The van der Waals surface area contributed by atoms with E-state index in [2.05, 4.69) is 18.9 Å². The van der Waals surface area contributed by atoms with E-state index in [-0.39, 0.29) is 6.42 Å². The number of aryl methyl sites for hydroxylation is 1. The molecule has 0 aromatic carbocycles. The molecule has 4 nitrogen and oxygen atoms in total. The van der Waals surface area contributed by atoms with E-state index in [0.717, 1.165) is 12.0 Å². The largest absolute Gasteiger partial charge is 0.481 e. The van der Waals surface area contributed by atoms with E-state index in [0.29, 0.717) is 11.6 Å². The molecule has 0 aliphatic carbocycles. The Morgan fingerprint density at radius 1 is 1.64 bits per heavy atom. The highest BCUT2D eigenvalue weighted by Crippen LogP contribution is 2.12. The Bertz CT molecular complexity index is 329. The van der Waals surface area contributed by atoms with Crippen molar-refractivity contribution in [2.75, 3.05) is 0 Å². The van der Waals surface area contributed by atoms with Crippen molar-refractivity contribution in [3.63, 3.8) is 0 Å². The Kier molecular flexibility index (Phi) is 3.28. The van der Waals surface area contributed by atoms with Crippen molar-refractivity contribution in [1.29, 1.82) is 0 Å². The monoisotopic (exact) mass is 196 g/mol. The maximum absolute atomic E-state index is 10.6. The summed E-state index contributed by atoms with van der Waals surface area (Å²) in [5.74, 6) is -0.305. The summed E-state index contributed by atoms with van der Waals surface area (Å²) in [6.45, 7) is 4.22. The second kappa shape index (κ2) is 4.26. The third-order valence-electron chi connectivity index (χ3n) is 1.94. The van der Waals surface area contributed by atoms with Gasteiger partial charge in [-0.1, -0.05) is 13.8 Å². The number of rotatable bonds is 4. The van der Waals surface area contributed by atoms with Gasteiger partial charge >= 0.3 is 5.97 Å². The van der Waals surface area contributed by atoms with Crippen molar-refractivity contribution < 1.29 is 9.90 Å². The lowest BCUT2D eigenvalue weighted by molar-refractivity contribution is -0.136. The van der Waals surface area contributed by atoms with Gasteiger partial charge in [0.2, 0.25) is 0 Å². The van der Waals surface area contributed by atoms with E-state index in [9.17, 15) is 4.79 Å². The molecule has 1 N–H and O–H groups in total. The third-order valence-corrected chi connectivity index (χ3v) is 1.94. The lowest BCUT2D eigenvalue weighted by atomic mass is 10.0. The van der Waals surface area contributed by atoms with Crippen molar-refractivity contribution in [3.8, 4) is 0 Å². The predicted molar refractivity (Wildman–Crippen MR) is 53.1 cm³/mol. The molecule has 78 valence electrons. The molecule has 1 heterocycles. The van der Waals surface area contributed by atoms with Crippen LogP contribution in [0.5, 0.6) is 0 Å². The molecule has 0 spiro atoms. The van der Waals surface area contributed by atoms with Gasteiger partial charge in [0.05, 0.1) is 12.1 Å². The van der Waals surface area contributed by atoms with Gasteiger partial charge in [0.25, 0.3) is 0 Å². The fraction of sp³-hybridized carbons (Fsp3) is 0.600. The Labute approximate surface area is 83.5 Å². The van der Waals surface area contributed by atoms with Crippen LogP contribution in [0.15, 0.2) is 6.20 Å². The Morgan fingerprint density at radius 2 is 2.29 bits per heavy atom. The summed E-state index contributed by atoms with van der Waals surface area (Å²) in [7, 11) is 1.81. The molecule has 0 fully saturated rings. The summed E-state index contributed by atoms with van der Waals surface area (Å²) in [6, 6.07) is 0. The zero-order valence-corrected chi connectivity index (χ0v) is 8.82. The molecule has 1 aromatic heterocycles. The predicted octanol–water partition coefficient (Wildman–Crippen LogP) is 1.25. The number of carbonyl (C=O) groups is 1. The van der Waals surface area contributed by atoms with E-state index in [1.54, 1.807) is 4.68 Å². The number of carboxylic acids is 1. The Morgan fingerprint density at radius 3 is 2.79 bits per heavy atom. The Hall–Kier alpha value is -1.32. The van der Waals surface area contributed by atoms with Crippen LogP contribution in [0.3, 0.4) is 0 Å². The summed E-state index contributed by atoms with van der Waals surface area (Å²) < 4.78 is 1.68. The number of aliphatic carboxylic acids is 1. The Balaban J connectivity index is 2.85. The summed E-state index contributed by atoms with van der Waals surface area (Å²) >= 11 is 0. The molecular weight excluding hydrogens is 180 g/mol. The van der Waals surface area contributed by atoms with E-state index in [1.807, 2.05) is 13.2 Å². The van der Waals surface area contributed by atoms with E-state index < -0.39 is 5.97 Å². The smallest absolute Gasteiger partial charge is 0.309 e. The number of aromatic nitrogens is 2. The maximum atomic E-state index is 10.6.